The van der Waals surface area contributed by atoms with Gasteiger partial charge in [-0.25, -0.2) is 4.79 Å². The standard InChI is InChI=1S/C27H25NO3/c1-17-9-10-18(2)24(13-17)28-15-23-25(30-16-28)12-11-21-19(3)22(27(29)31-26(21)23)14-20-7-5-4-6-8-20/h4-13H,14-16H2,1-3H3. The second-order valence-electron chi connectivity index (χ2n) is 8.34. The van der Waals surface area contributed by atoms with E-state index in [-0.39, 0.29) is 5.63 Å². The first-order valence-electron chi connectivity index (χ1n) is 10.6. The zero-order valence-corrected chi connectivity index (χ0v) is 18.1. The van der Waals surface area contributed by atoms with E-state index in [4.69, 9.17) is 9.15 Å². The third-order valence-corrected chi connectivity index (χ3v) is 6.17. The van der Waals surface area contributed by atoms with Crippen molar-refractivity contribution in [2.24, 2.45) is 0 Å². The molecule has 0 spiro atoms. The molecule has 0 fully saturated rings. The molecular weight excluding hydrogens is 386 g/mol. The lowest BCUT2D eigenvalue weighted by atomic mass is 9.97. The molecule has 0 bridgehead atoms. The number of hydrogen-bond acceptors (Lipinski definition) is 4. The van der Waals surface area contributed by atoms with E-state index in [1.165, 1.54) is 11.1 Å². The number of aryl methyl sites for hydroxylation is 3. The van der Waals surface area contributed by atoms with E-state index in [0.717, 1.165) is 33.5 Å². The van der Waals surface area contributed by atoms with E-state index in [1.54, 1.807) is 0 Å². The van der Waals surface area contributed by atoms with Crippen LogP contribution in [0.25, 0.3) is 11.0 Å². The van der Waals surface area contributed by atoms with Gasteiger partial charge in [0.1, 0.15) is 11.3 Å². The molecule has 0 saturated carbocycles. The van der Waals surface area contributed by atoms with Crippen LogP contribution in [0.1, 0.15) is 33.4 Å². The largest absolute Gasteiger partial charge is 0.473 e. The molecule has 1 aromatic heterocycles. The van der Waals surface area contributed by atoms with Gasteiger partial charge in [-0.3, -0.25) is 0 Å². The fraction of sp³-hybridized carbons (Fsp3) is 0.222. The summed E-state index contributed by atoms with van der Waals surface area (Å²) in [6, 6.07) is 20.4. The first kappa shape index (κ1) is 19.4. The van der Waals surface area contributed by atoms with Crippen LogP contribution in [0.3, 0.4) is 0 Å². The van der Waals surface area contributed by atoms with Crippen molar-refractivity contribution in [3.63, 3.8) is 0 Å². The maximum Gasteiger partial charge on any atom is 0.340 e. The average molecular weight is 412 g/mol. The number of anilines is 1. The molecule has 3 aromatic carbocycles. The van der Waals surface area contributed by atoms with Crippen LogP contribution in [0.15, 0.2) is 69.9 Å². The van der Waals surface area contributed by atoms with Crippen molar-refractivity contribution in [1.29, 1.82) is 0 Å². The van der Waals surface area contributed by atoms with Crippen LogP contribution in [-0.2, 0) is 13.0 Å². The van der Waals surface area contributed by atoms with Gasteiger partial charge in [0.05, 0.1) is 12.1 Å². The topological polar surface area (TPSA) is 42.7 Å². The number of fused-ring (bicyclic) bond motifs is 3. The summed E-state index contributed by atoms with van der Waals surface area (Å²) < 4.78 is 12.0. The summed E-state index contributed by atoms with van der Waals surface area (Å²) in [5.41, 5.74) is 7.61. The molecule has 1 aliphatic rings. The Labute approximate surface area is 181 Å². The normalized spacial score (nSPS) is 13.2. The molecule has 0 atom stereocenters. The molecule has 4 nitrogen and oxygen atoms in total. The molecule has 1 aliphatic heterocycles. The monoisotopic (exact) mass is 411 g/mol. The summed E-state index contributed by atoms with van der Waals surface area (Å²) in [7, 11) is 0. The Morgan fingerprint density at radius 3 is 2.58 bits per heavy atom. The number of ether oxygens (including phenoxy) is 1. The molecule has 31 heavy (non-hydrogen) atoms. The van der Waals surface area contributed by atoms with Gasteiger partial charge in [-0.05, 0) is 61.2 Å². The van der Waals surface area contributed by atoms with E-state index >= 15 is 0 Å². The van der Waals surface area contributed by atoms with E-state index < -0.39 is 0 Å². The second-order valence-corrected chi connectivity index (χ2v) is 8.34. The molecule has 2 heterocycles. The first-order valence-corrected chi connectivity index (χ1v) is 10.6. The zero-order chi connectivity index (χ0) is 21.5. The quantitative estimate of drug-likeness (QED) is 0.408. The number of nitrogens with zero attached hydrogens (tertiary/aromatic N) is 1. The van der Waals surface area contributed by atoms with Crippen molar-refractivity contribution in [1.82, 2.24) is 0 Å². The van der Waals surface area contributed by atoms with Gasteiger partial charge in [0.25, 0.3) is 0 Å². The molecule has 5 rings (SSSR count). The minimum Gasteiger partial charge on any atom is -0.473 e. The zero-order valence-electron chi connectivity index (χ0n) is 18.1. The Bertz CT molecular complexity index is 1340. The number of rotatable bonds is 3. The first-order chi connectivity index (χ1) is 15.0. The Hall–Kier alpha value is -3.53. The van der Waals surface area contributed by atoms with Gasteiger partial charge >= 0.3 is 5.63 Å². The highest BCUT2D eigenvalue weighted by Gasteiger charge is 2.24. The van der Waals surface area contributed by atoms with Gasteiger partial charge < -0.3 is 14.1 Å². The smallest absolute Gasteiger partial charge is 0.340 e. The molecule has 4 heteroatoms. The summed E-state index contributed by atoms with van der Waals surface area (Å²) >= 11 is 0. The minimum absolute atomic E-state index is 0.272. The lowest BCUT2D eigenvalue weighted by molar-refractivity contribution is 0.289. The van der Waals surface area contributed by atoms with Crippen molar-refractivity contribution < 1.29 is 9.15 Å². The van der Waals surface area contributed by atoms with Gasteiger partial charge in [0.2, 0.25) is 0 Å². The predicted octanol–water partition coefficient (Wildman–Crippen LogP) is 5.67. The summed E-state index contributed by atoms with van der Waals surface area (Å²) in [6.45, 7) is 7.31. The van der Waals surface area contributed by atoms with Crippen molar-refractivity contribution >= 4 is 16.7 Å². The molecular formula is C27H25NO3. The SMILES string of the molecule is Cc1ccc(C)c(N2COc3ccc4c(C)c(Cc5ccccc5)c(=O)oc4c3C2)c1. The number of hydrogen-bond donors (Lipinski definition) is 0. The Balaban J connectivity index is 1.59. The average Bonchev–Trinajstić information content (AvgIpc) is 2.78. The highest BCUT2D eigenvalue weighted by molar-refractivity contribution is 5.86. The van der Waals surface area contributed by atoms with Crippen LogP contribution < -0.4 is 15.3 Å². The molecule has 4 aromatic rings. The van der Waals surface area contributed by atoms with Crippen LogP contribution in [-0.4, -0.2) is 6.73 Å². The van der Waals surface area contributed by atoms with E-state index in [1.807, 2.05) is 49.4 Å². The summed E-state index contributed by atoms with van der Waals surface area (Å²) in [6.07, 6.45) is 0.563. The second kappa shape index (κ2) is 7.62. The molecule has 0 radical (unpaired) electrons. The van der Waals surface area contributed by atoms with Crippen LogP contribution in [0.4, 0.5) is 5.69 Å². The Morgan fingerprint density at radius 1 is 0.968 bits per heavy atom. The molecule has 0 amide bonds. The van der Waals surface area contributed by atoms with E-state index in [9.17, 15) is 4.79 Å². The lowest BCUT2D eigenvalue weighted by Gasteiger charge is -2.32. The van der Waals surface area contributed by atoms with Crippen molar-refractivity contribution in [2.75, 3.05) is 11.6 Å². The summed E-state index contributed by atoms with van der Waals surface area (Å²) in [5, 5.41) is 0.968. The van der Waals surface area contributed by atoms with E-state index in [0.29, 0.717) is 30.8 Å². The maximum atomic E-state index is 13.0. The molecule has 0 N–H and O–H groups in total. The van der Waals surface area contributed by atoms with Crippen LogP contribution in [0.2, 0.25) is 0 Å². The fourth-order valence-corrected chi connectivity index (χ4v) is 4.38. The van der Waals surface area contributed by atoms with Gasteiger partial charge in [0, 0.05) is 23.1 Å². The maximum absolute atomic E-state index is 13.0. The lowest BCUT2D eigenvalue weighted by Crippen LogP contribution is -2.32. The van der Waals surface area contributed by atoms with Gasteiger partial charge in [-0.2, -0.15) is 0 Å². The van der Waals surface area contributed by atoms with Gasteiger partial charge in [-0.15, -0.1) is 0 Å². The Morgan fingerprint density at radius 2 is 1.77 bits per heavy atom. The third-order valence-electron chi connectivity index (χ3n) is 6.17. The van der Waals surface area contributed by atoms with Crippen LogP contribution in [0, 0.1) is 20.8 Å². The molecule has 0 unspecified atom stereocenters. The molecule has 156 valence electrons. The fourth-order valence-electron chi connectivity index (χ4n) is 4.38. The highest BCUT2D eigenvalue weighted by Crippen LogP contribution is 2.36. The molecule has 0 saturated heterocycles. The third kappa shape index (κ3) is 3.48. The minimum atomic E-state index is -0.272. The van der Waals surface area contributed by atoms with E-state index in [2.05, 4.69) is 36.9 Å². The molecule has 0 aliphatic carbocycles. The van der Waals surface area contributed by atoms with Crippen molar-refractivity contribution in [3.05, 3.63) is 104 Å². The predicted molar refractivity (Wildman–Crippen MR) is 124 cm³/mol. The van der Waals surface area contributed by atoms with Crippen LogP contribution in [0.5, 0.6) is 5.75 Å². The number of benzene rings is 3. The van der Waals surface area contributed by atoms with Crippen LogP contribution >= 0.6 is 0 Å². The summed E-state index contributed by atoms with van der Waals surface area (Å²) in [5.74, 6) is 0.785. The van der Waals surface area contributed by atoms with Gasteiger partial charge in [0.15, 0.2) is 6.73 Å². The van der Waals surface area contributed by atoms with Gasteiger partial charge in [-0.1, -0.05) is 42.5 Å². The van der Waals surface area contributed by atoms with Crippen molar-refractivity contribution in [3.8, 4) is 5.75 Å². The van der Waals surface area contributed by atoms with Crippen molar-refractivity contribution in [2.45, 2.75) is 33.7 Å². The Kier molecular flexibility index (Phi) is 4.78. The summed E-state index contributed by atoms with van der Waals surface area (Å²) in [4.78, 5) is 15.2. The highest BCUT2D eigenvalue weighted by atomic mass is 16.5.